The molecule has 1 nitrogen and oxygen atoms in total. The van der Waals surface area contributed by atoms with Gasteiger partial charge in [0.2, 0.25) is 5.82 Å². The van der Waals surface area contributed by atoms with Gasteiger partial charge in [0.15, 0.2) is 23.2 Å². The van der Waals surface area contributed by atoms with Gasteiger partial charge in [-0.1, -0.05) is 42.5 Å². The number of hydrogen-bond acceptors (Lipinski definition) is 1. The zero-order valence-corrected chi connectivity index (χ0v) is 18.5. The van der Waals surface area contributed by atoms with E-state index in [9.17, 15) is 17.6 Å². The Labute approximate surface area is 191 Å². The quantitative estimate of drug-likeness (QED) is 0.268. The van der Waals surface area contributed by atoms with Gasteiger partial charge in [-0.2, -0.15) is 4.39 Å². The van der Waals surface area contributed by atoms with Gasteiger partial charge in [-0.3, -0.25) is 0 Å². The molecule has 3 aromatic rings. The second-order valence-electron chi connectivity index (χ2n) is 8.43. The molecule has 0 aromatic heterocycles. The van der Waals surface area contributed by atoms with Crippen LogP contribution in [0.15, 0.2) is 61.2 Å². The number of rotatable bonds is 6. The average molecular weight is 455 g/mol. The van der Waals surface area contributed by atoms with Gasteiger partial charge >= 0.3 is 0 Å². The van der Waals surface area contributed by atoms with Crippen LogP contribution >= 0.6 is 0 Å². The topological polar surface area (TPSA) is 9.23 Å². The average Bonchev–Trinajstić information content (AvgIpc) is 2.84. The first-order chi connectivity index (χ1) is 15.9. The minimum absolute atomic E-state index is 0.00431. The fourth-order valence-corrected chi connectivity index (χ4v) is 4.62. The largest absolute Gasteiger partial charge is 0.491 e. The van der Waals surface area contributed by atoms with Gasteiger partial charge in [-0.05, 0) is 73.3 Å². The molecule has 1 aliphatic rings. The van der Waals surface area contributed by atoms with Crippen molar-refractivity contribution >= 4 is 0 Å². The van der Waals surface area contributed by atoms with Crippen LogP contribution < -0.4 is 4.74 Å². The highest BCUT2D eigenvalue weighted by Gasteiger charge is 2.25. The summed E-state index contributed by atoms with van der Waals surface area (Å²) >= 11 is 0. The van der Waals surface area contributed by atoms with Crippen molar-refractivity contribution < 1.29 is 22.3 Å². The molecule has 4 rings (SSSR count). The van der Waals surface area contributed by atoms with Gasteiger partial charge < -0.3 is 4.74 Å². The summed E-state index contributed by atoms with van der Waals surface area (Å²) < 4.78 is 63.7. The normalized spacial score (nSPS) is 18.2. The molecule has 33 heavy (non-hydrogen) atoms. The summed E-state index contributed by atoms with van der Waals surface area (Å²) in [6.07, 6.45) is 5.42. The molecular formula is C28H26F4O. The predicted octanol–water partition coefficient (Wildman–Crippen LogP) is 8.44. The van der Waals surface area contributed by atoms with Crippen molar-refractivity contribution in [3.05, 3.63) is 90.0 Å². The van der Waals surface area contributed by atoms with E-state index in [1.165, 1.54) is 12.1 Å². The molecule has 1 fully saturated rings. The Morgan fingerprint density at radius 1 is 0.758 bits per heavy atom. The van der Waals surface area contributed by atoms with Crippen molar-refractivity contribution in [2.24, 2.45) is 5.92 Å². The van der Waals surface area contributed by atoms with E-state index in [0.717, 1.165) is 25.7 Å². The molecule has 172 valence electrons. The molecule has 1 aliphatic carbocycles. The lowest BCUT2D eigenvalue weighted by Gasteiger charge is -2.27. The SMILES string of the molecule is C=CC1CCC(c2ccc(-c3ccc(-c4ccc(OCC)c(F)c4F)cc3)c(F)c2F)CC1. The zero-order chi connectivity index (χ0) is 23.5. The maximum atomic E-state index is 15.0. The third kappa shape index (κ3) is 4.54. The molecule has 5 heteroatoms. The molecule has 0 radical (unpaired) electrons. The molecule has 0 heterocycles. The van der Waals surface area contributed by atoms with E-state index in [2.05, 4.69) is 6.58 Å². The van der Waals surface area contributed by atoms with Gasteiger partial charge in [-0.25, -0.2) is 13.2 Å². The summed E-state index contributed by atoms with van der Waals surface area (Å²) in [4.78, 5) is 0. The smallest absolute Gasteiger partial charge is 0.201 e. The Hall–Kier alpha value is -3.08. The molecule has 0 unspecified atom stereocenters. The molecule has 0 N–H and O–H groups in total. The highest BCUT2D eigenvalue weighted by Crippen LogP contribution is 2.39. The van der Waals surface area contributed by atoms with Gasteiger partial charge in [0.1, 0.15) is 0 Å². The van der Waals surface area contributed by atoms with Crippen LogP contribution in [-0.4, -0.2) is 6.61 Å². The first kappa shape index (κ1) is 23.1. The van der Waals surface area contributed by atoms with Crippen LogP contribution in [0.4, 0.5) is 17.6 Å². The second-order valence-corrected chi connectivity index (χ2v) is 8.43. The summed E-state index contributed by atoms with van der Waals surface area (Å²) in [7, 11) is 0. The van der Waals surface area contributed by atoms with Crippen molar-refractivity contribution in [3.63, 3.8) is 0 Å². The summed E-state index contributed by atoms with van der Waals surface area (Å²) in [6.45, 7) is 5.74. The fourth-order valence-electron chi connectivity index (χ4n) is 4.62. The van der Waals surface area contributed by atoms with Crippen molar-refractivity contribution in [1.82, 2.24) is 0 Å². The standard InChI is InChI=1S/C28H26F4O/c1-3-17-5-7-18(8-6-17)21-13-14-22(26(30)25(21)29)19-9-11-20(12-10-19)23-15-16-24(33-4-2)28(32)27(23)31/h3,9-18H,1,4-8H2,2H3. The van der Waals surface area contributed by atoms with Crippen LogP contribution in [0, 0.1) is 29.2 Å². The Morgan fingerprint density at radius 2 is 1.30 bits per heavy atom. The molecule has 0 atom stereocenters. The first-order valence-corrected chi connectivity index (χ1v) is 11.3. The third-order valence-corrected chi connectivity index (χ3v) is 6.51. The monoisotopic (exact) mass is 454 g/mol. The van der Waals surface area contributed by atoms with Gasteiger partial charge in [0.25, 0.3) is 0 Å². The maximum Gasteiger partial charge on any atom is 0.201 e. The molecule has 0 spiro atoms. The Kier molecular flexibility index (Phi) is 6.87. The lowest BCUT2D eigenvalue weighted by atomic mass is 9.78. The minimum Gasteiger partial charge on any atom is -0.491 e. The summed E-state index contributed by atoms with van der Waals surface area (Å²) in [5, 5.41) is 0. The Balaban J connectivity index is 1.59. The molecule has 3 aromatic carbocycles. The van der Waals surface area contributed by atoms with Crippen LogP contribution in [0.5, 0.6) is 5.75 Å². The molecule has 0 aliphatic heterocycles. The van der Waals surface area contributed by atoms with E-state index >= 15 is 0 Å². The number of allylic oxidation sites excluding steroid dienone is 1. The van der Waals surface area contributed by atoms with Crippen molar-refractivity contribution in [1.29, 1.82) is 0 Å². The molecular weight excluding hydrogens is 428 g/mol. The lowest BCUT2D eigenvalue weighted by Crippen LogP contribution is -2.13. The van der Waals surface area contributed by atoms with Gasteiger partial charge in [0.05, 0.1) is 6.61 Å². The third-order valence-electron chi connectivity index (χ3n) is 6.51. The number of ether oxygens (including phenoxy) is 1. The van der Waals surface area contributed by atoms with Crippen molar-refractivity contribution in [2.75, 3.05) is 6.61 Å². The van der Waals surface area contributed by atoms with E-state index in [-0.39, 0.29) is 29.4 Å². The van der Waals surface area contributed by atoms with Crippen molar-refractivity contribution in [3.8, 4) is 28.0 Å². The van der Waals surface area contributed by atoms with E-state index in [4.69, 9.17) is 4.74 Å². The maximum absolute atomic E-state index is 15.0. The van der Waals surface area contributed by atoms with E-state index in [1.54, 1.807) is 43.3 Å². The number of benzene rings is 3. The van der Waals surface area contributed by atoms with Gasteiger partial charge in [0, 0.05) is 11.1 Å². The number of halogens is 4. The molecule has 0 saturated heterocycles. The van der Waals surface area contributed by atoms with E-state index in [0.29, 0.717) is 22.6 Å². The predicted molar refractivity (Wildman–Crippen MR) is 123 cm³/mol. The second kappa shape index (κ2) is 9.82. The molecule has 0 amide bonds. The number of hydrogen-bond donors (Lipinski definition) is 0. The van der Waals surface area contributed by atoms with E-state index in [1.807, 2.05) is 6.08 Å². The Bertz CT molecular complexity index is 1150. The summed E-state index contributed by atoms with van der Waals surface area (Å²) in [6, 6.07) is 12.4. The van der Waals surface area contributed by atoms with E-state index < -0.39 is 23.3 Å². The summed E-state index contributed by atoms with van der Waals surface area (Å²) in [5.41, 5.74) is 1.52. The van der Waals surface area contributed by atoms with Gasteiger partial charge in [-0.15, -0.1) is 6.58 Å². The Morgan fingerprint density at radius 3 is 1.85 bits per heavy atom. The van der Waals surface area contributed by atoms with Crippen LogP contribution in [0.1, 0.15) is 44.1 Å². The summed E-state index contributed by atoms with van der Waals surface area (Å²) in [5.74, 6) is -3.45. The molecule has 0 bridgehead atoms. The van der Waals surface area contributed by atoms with Crippen LogP contribution in [-0.2, 0) is 0 Å². The molecule has 1 saturated carbocycles. The lowest BCUT2D eigenvalue weighted by molar-refractivity contribution is 0.314. The van der Waals surface area contributed by atoms with Crippen LogP contribution in [0.25, 0.3) is 22.3 Å². The first-order valence-electron chi connectivity index (χ1n) is 11.3. The van der Waals surface area contributed by atoms with Crippen molar-refractivity contribution in [2.45, 2.75) is 38.5 Å². The van der Waals surface area contributed by atoms with Crippen LogP contribution in [0.2, 0.25) is 0 Å². The zero-order valence-electron chi connectivity index (χ0n) is 18.5. The highest BCUT2D eigenvalue weighted by molar-refractivity contribution is 5.71. The van der Waals surface area contributed by atoms with Crippen LogP contribution in [0.3, 0.4) is 0 Å². The fraction of sp³-hybridized carbons (Fsp3) is 0.286. The minimum atomic E-state index is -1.05. The highest BCUT2D eigenvalue weighted by atomic mass is 19.2.